The van der Waals surface area contributed by atoms with Crippen molar-refractivity contribution in [2.75, 3.05) is 0 Å². The molecule has 2 N–H and O–H groups in total. The van der Waals surface area contributed by atoms with Crippen LogP contribution in [0.5, 0.6) is 0 Å². The predicted molar refractivity (Wildman–Crippen MR) is 56.5 cm³/mol. The van der Waals surface area contributed by atoms with Gasteiger partial charge in [0, 0.05) is 12.8 Å². The number of carboxylic acids is 1. The van der Waals surface area contributed by atoms with Crippen molar-refractivity contribution in [3.8, 4) is 6.07 Å². The fourth-order valence-corrected chi connectivity index (χ4v) is 1.50. The highest BCUT2D eigenvalue weighted by molar-refractivity contribution is 5.94. The third-order valence-corrected chi connectivity index (χ3v) is 2.16. The third-order valence-electron chi connectivity index (χ3n) is 2.16. The Kier molecular flexibility index (Phi) is 5.68. The Morgan fingerprint density at radius 3 is 2.44 bits per heavy atom. The summed E-state index contributed by atoms with van der Waals surface area (Å²) in [4.78, 5) is 21.3. The summed E-state index contributed by atoms with van der Waals surface area (Å²) in [5, 5.41) is 26.5. The SMILES string of the molecule is CC(C)(CC#N)CC(O)CC(=O)CC(=O)O. The molecule has 0 aliphatic rings. The van der Waals surface area contributed by atoms with Gasteiger partial charge in [0.05, 0.1) is 12.2 Å². The number of carboxylic acid groups (broad SMARTS) is 1. The molecule has 0 aromatic carbocycles. The summed E-state index contributed by atoms with van der Waals surface area (Å²) in [5.41, 5.74) is -0.363. The van der Waals surface area contributed by atoms with Crippen molar-refractivity contribution in [2.45, 2.75) is 45.6 Å². The normalized spacial score (nSPS) is 12.9. The molecule has 0 saturated heterocycles. The van der Waals surface area contributed by atoms with Gasteiger partial charge < -0.3 is 10.2 Å². The number of aliphatic carboxylic acids is 1. The Hall–Kier alpha value is -1.41. The number of hydrogen-bond acceptors (Lipinski definition) is 4. The molecule has 0 aliphatic carbocycles. The summed E-state index contributed by atoms with van der Waals surface area (Å²) >= 11 is 0. The van der Waals surface area contributed by atoms with Gasteiger partial charge in [0.1, 0.15) is 12.2 Å². The van der Waals surface area contributed by atoms with Crippen molar-refractivity contribution in [2.24, 2.45) is 5.41 Å². The highest BCUT2D eigenvalue weighted by Crippen LogP contribution is 2.27. The first-order valence-electron chi connectivity index (χ1n) is 5.05. The Balaban J connectivity index is 4.08. The molecule has 5 nitrogen and oxygen atoms in total. The Morgan fingerprint density at radius 1 is 1.44 bits per heavy atom. The van der Waals surface area contributed by atoms with Crippen LogP contribution in [0, 0.1) is 16.7 Å². The van der Waals surface area contributed by atoms with E-state index in [2.05, 4.69) is 0 Å². The highest BCUT2D eigenvalue weighted by atomic mass is 16.4. The molecule has 0 aromatic heterocycles. The van der Waals surface area contributed by atoms with Crippen LogP contribution in [0.15, 0.2) is 0 Å². The Bertz CT molecular complexity index is 304. The molecule has 16 heavy (non-hydrogen) atoms. The van der Waals surface area contributed by atoms with Crippen molar-refractivity contribution in [3.63, 3.8) is 0 Å². The zero-order chi connectivity index (χ0) is 12.8. The second-order valence-electron chi connectivity index (χ2n) is 4.67. The van der Waals surface area contributed by atoms with Gasteiger partial charge in [-0.05, 0) is 11.8 Å². The van der Waals surface area contributed by atoms with Crippen LogP contribution < -0.4 is 0 Å². The standard InChI is InChI=1S/C11H17NO4/c1-11(2,3-4-12)7-9(14)5-8(13)6-10(15)16/h9,14H,3,5-7H2,1-2H3,(H,15,16). The van der Waals surface area contributed by atoms with Crippen LogP contribution in [-0.4, -0.2) is 28.1 Å². The number of rotatable bonds is 7. The van der Waals surface area contributed by atoms with Crippen molar-refractivity contribution in [1.29, 1.82) is 5.26 Å². The van der Waals surface area contributed by atoms with Gasteiger partial charge in [-0.3, -0.25) is 9.59 Å². The topological polar surface area (TPSA) is 98.4 Å². The largest absolute Gasteiger partial charge is 0.481 e. The molecule has 1 unspecified atom stereocenters. The second kappa shape index (κ2) is 6.23. The molecular weight excluding hydrogens is 210 g/mol. The molecular formula is C11H17NO4. The van der Waals surface area contributed by atoms with Crippen LogP contribution in [-0.2, 0) is 9.59 Å². The summed E-state index contributed by atoms with van der Waals surface area (Å²) in [6.07, 6.45) is -1.00. The summed E-state index contributed by atoms with van der Waals surface area (Å²) in [6.45, 7) is 3.64. The lowest BCUT2D eigenvalue weighted by molar-refractivity contribution is -0.140. The lowest BCUT2D eigenvalue weighted by atomic mass is 9.83. The van der Waals surface area contributed by atoms with Gasteiger partial charge in [0.25, 0.3) is 0 Å². The number of nitrogens with zero attached hydrogens (tertiary/aromatic N) is 1. The average molecular weight is 227 g/mol. The van der Waals surface area contributed by atoms with Crippen molar-refractivity contribution in [3.05, 3.63) is 0 Å². The number of Topliss-reactive ketones (excluding diaryl/α,β-unsaturated/α-hetero) is 1. The van der Waals surface area contributed by atoms with Crippen molar-refractivity contribution >= 4 is 11.8 Å². The number of hydrogen-bond donors (Lipinski definition) is 2. The lowest BCUT2D eigenvalue weighted by Gasteiger charge is -2.24. The smallest absolute Gasteiger partial charge is 0.310 e. The van der Waals surface area contributed by atoms with Gasteiger partial charge in [-0.1, -0.05) is 13.8 Å². The molecule has 5 heteroatoms. The van der Waals surface area contributed by atoms with Gasteiger partial charge in [-0.15, -0.1) is 0 Å². The molecule has 0 rings (SSSR count). The summed E-state index contributed by atoms with van der Waals surface area (Å²) in [5.74, 6) is -1.68. The van der Waals surface area contributed by atoms with Gasteiger partial charge in [0.15, 0.2) is 0 Å². The molecule has 0 amide bonds. The minimum atomic E-state index is -1.19. The van der Waals surface area contributed by atoms with Gasteiger partial charge in [0.2, 0.25) is 0 Å². The van der Waals surface area contributed by atoms with E-state index in [-0.39, 0.29) is 18.3 Å². The summed E-state index contributed by atoms with van der Waals surface area (Å²) < 4.78 is 0. The molecule has 0 heterocycles. The Morgan fingerprint density at radius 2 is 2.00 bits per heavy atom. The van der Waals surface area contributed by atoms with E-state index in [4.69, 9.17) is 10.4 Å². The first-order valence-corrected chi connectivity index (χ1v) is 5.05. The van der Waals surface area contributed by atoms with E-state index < -0.39 is 24.3 Å². The first-order chi connectivity index (χ1) is 7.26. The predicted octanol–water partition coefficient (Wildman–Crippen LogP) is 1.11. The van der Waals surface area contributed by atoms with E-state index >= 15 is 0 Å². The third kappa shape index (κ3) is 6.96. The van der Waals surface area contributed by atoms with Crippen LogP contribution in [0.4, 0.5) is 0 Å². The molecule has 0 aliphatic heterocycles. The van der Waals surface area contributed by atoms with E-state index in [0.717, 1.165) is 0 Å². The molecule has 0 radical (unpaired) electrons. The molecule has 0 bridgehead atoms. The molecule has 1 atom stereocenters. The minimum Gasteiger partial charge on any atom is -0.481 e. The van der Waals surface area contributed by atoms with Gasteiger partial charge >= 0.3 is 5.97 Å². The van der Waals surface area contributed by atoms with Crippen molar-refractivity contribution < 1.29 is 19.8 Å². The molecule has 0 spiro atoms. The van der Waals surface area contributed by atoms with Crippen LogP contribution in [0.1, 0.15) is 39.5 Å². The second-order valence-corrected chi connectivity index (χ2v) is 4.67. The average Bonchev–Trinajstić information content (AvgIpc) is 1.98. The molecule has 0 aromatic rings. The van der Waals surface area contributed by atoms with Crippen molar-refractivity contribution in [1.82, 2.24) is 0 Å². The lowest BCUT2D eigenvalue weighted by Crippen LogP contribution is -2.23. The Labute approximate surface area is 94.7 Å². The van der Waals surface area contributed by atoms with Gasteiger partial charge in [-0.2, -0.15) is 5.26 Å². The minimum absolute atomic E-state index is 0.166. The maximum Gasteiger partial charge on any atom is 0.310 e. The number of carbonyl (C=O) groups is 2. The van der Waals surface area contributed by atoms with Crippen LogP contribution in [0.3, 0.4) is 0 Å². The summed E-state index contributed by atoms with van der Waals surface area (Å²) in [7, 11) is 0. The van der Waals surface area contributed by atoms with Gasteiger partial charge in [-0.25, -0.2) is 0 Å². The number of nitriles is 1. The molecule has 0 fully saturated rings. The quantitative estimate of drug-likeness (QED) is 0.635. The maximum atomic E-state index is 11.1. The highest BCUT2D eigenvalue weighted by Gasteiger charge is 2.24. The number of aliphatic hydroxyl groups excluding tert-OH is 1. The summed E-state index contributed by atoms with van der Waals surface area (Å²) in [6, 6.07) is 2.01. The van der Waals surface area contributed by atoms with Crippen LogP contribution in [0.25, 0.3) is 0 Å². The zero-order valence-electron chi connectivity index (χ0n) is 9.56. The number of ketones is 1. The van der Waals surface area contributed by atoms with E-state index in [1.807, 2.05) is 19.9 Å². The van der Waals surface area contributed by atoms with E-state index in [0.29, 0.717) is 6.42 Å². The van der Waals surface area contributed by atoms with E-state index in [1.54, 1.807) is 0 Å². The monoisotopic (exact) mass is 227 g/mol. The van der Waals surface area contributed by atoms with Crippen LogP contribution >= 0.6 is 0 Å². The van der Waals surface area contributed by atoms with E-state index in [1.165, 1.54) is 0 Å². The number of carbonyl (C=O) groups excluding carboxylic acids is 1. The molecule has 90 valence electrons. The fourth-order valence-electron chi connectivity index (χ4n) is 1.50. The zero-order valence-corrected chi connectivity index (χ0v) is 9.56. The van der Waals surface area contributed by atoms with Crippen LogP contribution in [0.2, 0.25) is 0 Å². The maximum absolute atomic E-state index is 11.1. The molecule has 0 saturated carbocycles. The fraction of sp³-hybridized carbons (Fsp3) is 0.727. The number of aliphatic hydroxyl groups is 1. The first kappa shape index (κ1) is 14.6. The van der Waals surface area contributed by atoms with E-state index in [9.17, 15) is 14.7 Å².